The highest BCUT2D eigenvalue weighted by Gasteiger charge is 2.09. The first kappa shape index (κ1) is 37.1. The highest BCUT2D eigenvalue weighted by Crippen LogP contribution is 2.22. The van der Waals surface area contributed by atoms with Crippen molar-refractivity contribution in [1.29, 1.82) is 0 Å². The zero-order valence-electron chi connectivity index (χ0n) is 27.4. The van der Waals surface area contributed by atoms with E-state index in [9.17, 15) is 4.79 Å². The molecule has 0 aliphatic rings. The van der Waals surface area contributed by atoms with Gasteiger partial charge >= 0.3 is 0 Å². The number of methoxy groups -OCH3 is 2. The molecule has 8 rings (SSSR count). The molecule has 8 heterocycles. The Kier molecular flexibility index (Phi) is 13.6. The van der Waals surface area contributed by atoms with E-state index in [4.69, 9.17) is 21.7 Å². The predicted molar refractivity (Wildman–Crippen MR) is 185 cm³/mol. The molecule has 8 aromatic rings. The van der Waals surface area contributed by atoms with Crippen LogP contribution in [0.3, 0.4) is 0 Å². The van der Waals surface area contributed by atoms with Crippen molar-refractivity contribution in [2.45, 2.75) is 0 Å². The topological polar surface area (TPSA) is 180 Å². The molecule has 0 unspecified atom stereocenters. The highest BCUT2D eigenvalue weighted by atomic mass is 127. The molecule has 16 heteroatoms. The summed E-state index contributed by atoms with van der Waals surface area (Å²) in [5.41, 5.74) is 3.43. The zero-order valence-corrected chi connectivity index (χ0v) is 29.5. The number of hydrogen-bond donors (Lipinski definition) is 2. The average molecular weight is 795 g/mol. The Hall–Kier alpha value is -6.74. The van der Waals surface area contributed by atoms with Gasteiger partial charge in [-0.3, -0.25) is 4.79 Å². The number of pyridine rings is 3. The predicted octanol–water partition coefficient (Wildman–Crippen LogP) is 0.0429. The van der Waals surface area contributed by atoms with Gasteiger partial charge in [0.1, 0.15) is 5.82 Å². The maximum atomic E-state index is 11.2. The summed E-state index contributed by atoms with van der Waals surface area (Å²) in [4.78, 5) is 34.2. The second kappa shape index (κ2) is 18.7. The Labute approximate surface area is 308 Å². The molecule has 3 N–H and O–H groups in total. The lowest BCUT2D eigenvalue weighted by Gasteiger charge is -2.00. The number of nitrogens with zero attached hydrogens (tertiary/aromatic N) is 10. The lowest BCUT2D eigenvalue weighted by Crippen LogP contribution is -3.00. The Morgan fingerprint density at radius 3 is 1.92 bits per heavy atom. The highest BCUT2D eigenvalue weighted by molar-refractivity contribution is 5.76. The molecule has 0 bridgehead atoms. The van der Waals surface area contributed by atoms with E-state index >= 15 is 0 Å². The van der Waals surface area contributed by atoms with Gasteiger partial charge in [-0.05, 0) is 30.2 Å². The van der Waals surface area contributed by atoms with Crippen LogP contribution >= 0.6 is 0 Å². The van der Waals surface area contributed by atoms with Crippen molar-refractivity contribution in [1.82, 2.24) is 49.1 Å². The Morgan fingerprint density at radius 1 is 0.745 bits per heavy atom. The number of aromatic nitrogens is 11. The first-order chi connectivity index (χ1) is 24.5. The van der Waals surface area contributed by atoms with Crippen molar-refractivity contribution < 1.29 is 38.1 Å². The number of halogens is 1. The van der Waals surface area contributed by atoms with Crippen molar-refractivity contribution in [3.63, 3.8) is 0 Å². The van der Waals surface area contributed by atoms with Gasteiger partial charge < -0.3 is 38.4 Å². The standard InChI is InChI=1S/C12H10N4O.C11H8N4O.C7H6N2O.C5H7N2.HI/c1-17-11-5-6-13-12(15-11)9-8-14-16-7-3-2-4-10(9)16;16-10-4-5-12-11(14-10)8-7-13-15-6-2-1-3-9(8)15;1-3-6-8-5-4-7(9-6)10-2;6-7-4-2-1-3-5-7;/h2-8H,1H3;1-7H,(H,12,14,16);1,4-5H,2H3;1-5H,6H2;1H/q;;;+1;/p-1. The van der Waals surface area contributed by atoms with Gasteiger partial charge in [0.05, 0.1) is 48.8 Å². The molecule has 0 spiro atoms. The van der Waals surface area contributed by atoms with Crippen LogP contribution in [0.2, 0.25) is 0 Å². The first-order valence-electron chi connectivity index (χ1n) is 14.8. The SMILES string of the molecule is C#Cc1nccc(OC)n1.COc1ccnc(-c2cnn3ccccc23)n1.N[n+]1ccccc1.O=c1ccnc(-c2cnn3ccccc23)[nH]1.[I-]. The quantitative estimate of drug-likeness (QED) is 0.106. The number of nitrogens with one attached hydrogen (secondary N) is 1. The van der Waals surface area contributed by atoms with Crippen molar-refractivity contribution >= 4 is 11.0 Å². The van der Waals surface area contributed by atoms with E-state index in [0.29, 0.717) is 29.2 Å². The van der Waals surface area contributed by atoms with Crippen molar-refractivity contribution in [3.05, 3.63) is 145 Å². The first-order valence-corrected chi connectivity index (χ1v) is 14.8. The molecular weight excluding hydrogens is 763 g/mol. The molecule has 15 nitrogen and oxygen atoms in total. The monoisotopic (exact) mass is 794 g/mol. The van der Waals surface area contributed by atoms with Crippen LogP contribution in [0.1, 0.15) is 5.82 Å². The van der Waals surface area contributed by atoms with Crippen molar-refractivity contribution in [2.24, 2.45) is 0 Å². The number of nitrogens with two attached hydrogens (primary N) is 1. The van der Waals surface area contributed by atoms with Gasteiger partial charge in [-0.15, -0.1) is 6.42 Å². The number of rotatable bonds is 4. The fourth-order valence-electron chi connectivity index (χ4n) is 4.25. The van der Waals surface area contributed by atoms with Crippen LogP contribution in [0.15, 0.2) is 133 Å². The van der Waals surface area contributed by atoms with Crippen molar-refractivity contribution in [2.75, 3.05) is 20.1 Å². The smallest absolute Gasteiger partial charge is 0.251 e. The normalized spacial score (nSPS) is 9.75. The molecule has 8 aromatic heterocycles. The summed E-state index contributed by atoms with van der Waals surface area (Å²) in [6, 6.07) is 22.0. The van der Waals surface area contributed by atoms with Crippen LogP contribution in [-0.4, -0.2) is 63.4 Å². The molecular formula is C35H31IN12O3. The van der Waals surface area contributed by atoms with Gasteiger partial charge in [0.15, 0.2) is 18.2 Å². The third-order valence-electron chi connectivity index (χ3n) is 6.57. The van der Waals surface area contributed by atoms with Gasteiger partial charge in [0, 0.05) is 61.3 Å². The summed E-state index contributed by atoms with van der Waals surface area (Å²) in [6.07, 6.45) is 20.5. The summed E-state index contributed by atoms with van der Waals surface area (Å²) in [7, 11) is 3.12. The van der Waals surface area contributed by atoms with Gasteiger partial charge in [0.2, 0.25) is 17.6 Å². The lowest BCUT2D eigenvalue weighted by molar-refractivity contribution is -0.638. The van der Waals surface area contributed by atoms with Crippen LogP contribution < -0.4 is 49.5 Å². The fraction of sp³-hybridized carbons (Fsp3) is 0.0571. The molecule has 0 radical (unpaired) electrons. The van der Waals surface area contributed by atoms with Crippen LogP contribution in [0, 0.1) is 12.3 Å². The molecule has 0 aliphatic carbocycles. The van der Waals surface area contributed by atoms with E-state index in [-0.39, 0.29) is 29.5 Å². The minimum absolute atomic E-state index is 0. The molecule has 0 amide bonds. The fourth-order valence-corrected chi connectivity index (χ4v) is 4.25. The molecule has 0 saturated carbocycles. The van der Waals surface area contributed by atoms with E-state index < -0.39 is 0 Å². The number of aromatic amines is 1. The Morgan fingerprint density at radius 2 is 1.33 bits per heavy atom. The maximum absolute atomic E-state index is 11.2. The summed E-state index contributed by atoms with van der Waals surface area (Å²) < 4.78 is 14.9. The van der Waals surface area contributed by atoms with E-state index in [2.05, 4.69) is 46.0 Å². The third kappa shape index (κ3) is 10.1. The maximum Gasteiger partial charge on any atom is 0.251 e. The zero-order chi connectivity index (χ0) is 35.1. The Bertz CT molecular complexity index is 2390. The van der Waals surface area contributed by atoms with E-state index in [1.54, 1.807) is 65.5 Å². The van der Waals surface area contributed by atoms with Gasteiger partial charge in [-0.25, -0.2) is 29.8 Å². The molecule has 256 valence electrons. The van der Waals surface area contributed by atoms with E-state index in [1.165, 1.54) is 24.0 Å². The minimum Gasteiger partial charge on any atom is -1.00 e. The summed E-state index contributed by atoms with van der Waals surface area (Å²) >= 11 is 0. The van der Waals surface area contributed by atoms with Crippen LogP contribution in [0.4, 0.5) is 0 Å². The van der Waals surface area contributed by atoms with Gasteiger partial charge in [-0.1, -0.05) is 22.9 Å². The van der Waals surface area contributed by atoms with Crippen LogP contribution in [0.5, 0.6) is 11.8 Å². The van der Waals surface area contributed by atoms with Crippen LogP contribution in [-0.2, 0) is 0 Å². The Balaban J connectivity index is 0.000000159. The lowest BCUT2D eigenvalue weighted by atomic mass is 10.2. The number of terminal acetylenes is 1. The number of hydrogen-bond acceptors (Lipinski definition) is 11. The summed E-state index contributed by atoms with van der Waals surface area (Å²) in [5, 5.41) is 8.43. The second-order valence-corrected chi connectivity index (χ2v) is 9.77. The van der Waals surface area contributed by atoms with Crippen molar-refractivity contribution in [3.8, 4) is 46.9 Å². The largest absolute Gasteiger partial charge is 1.00 e. The molecule has 0 saturated heterocycles. The summed E-state index contributed by atoms with van der Waals surface area (Å²) in [5.74, 6) is 10.1. The number of H-pyrrole nitrogens is 1. The molecule has 0 atom stereocenters. The number of nitrogen functional groups attached to an aromatic ring is 1. The molecule has 0 aromatic carbocycles. The summed E-state index contributed by atoms with van der Waals surface area (Å²) in [6.45, 7) is 0. The number of fused-ring (bicyclic) bond motifs is 2. The molecule has 0 fully saturated rings. The minimum atomic E-state index is -0.166. The second-order valence-electron chi connectivity index (χ2n) is 9.77. The average Bonchev–Trinajstić information content (AvgIpc) is 3.81. The van der Waals surface area contributed by atoms with Gasteiger partial charge in [-0.2, -0.15) is 20.2 Å². The molecule has 0 aliphatic heterocycles. The van der Waals surface area contributed by atoms with Gasteiger partial charge in [0.25, 0.3) is 5.56 Å². The van der Waals surface area contributed by atoms with E-state index in [0.717, 1.165) is 22.2 Å². The van der Waals surface area contributed by atoms with E-state index in [1.807, 2.05) is 67.0 Å². The van der Waals surface area contributed by atoms with Crippen LogP contribution in [0.25, 0.3) is 33.8 Å². The third-order valence-corrected chi connectivity index (χ3v) is 6.57. The molecule has 51 heavy (non-hydrogen) atoms. The number of ether oxygens (including phenoxy) is 2.